The van der Waals surface area contributed by atoms with Crippen LogP contribution in [0.5, 0.6) is 5.75 Å². The number of benzene rings is 2. The molecule has 3 aromatic rings. The fourth-order valence-electron chi connectivity index (χ4n) is 3.77. The number of nitrogens with zero attached hydrogens (tertiary/aromatic N) is 3. The molecule has 0 atom stereocenters. The van der Waals surface area contributed by atoms with Gasteiger partial charge in [0.05, 0.1) is 18.5 Å². The lowest BCUT2D eigenvalue weighted by molar-refractivity contribution is -0.123. The number of nitrogens with two attached hydrogens (primary N) is 1. The van der Waals surface area contributed by atoms with E-state index in [0.717, 1.165) is 11.3 Å². The number of amides is 2. The minimum absolute atomic E-state index is 0.139. The van der Waals surface area contributed by atoms with E-state index in [1.54, 1.807) is 34.9 Å². The van der Waals surface area contributed by atoms with Crippen LogP contribution in [0.4, 0.5) is 0 Å². The number of piperidine rings is 1. The number of hydrogen-bond acceptors (Lipinski definition) is 4. The SMILES string of the molecule is COc1cccc(-c2cc(C(=O)N3CCC(C(N)=O)CC3)n(-c3ccc(Cl)cc3)n2)c1. The molecular weight excluding hydrogens is 416 g/mol. The zero-order chi connectivity index (χ0) is 22.0. The topological polar surface area (TPSA) is 90.5 Å². The molecule has 2 heterocycles. The van der Waals surface area contributed by atoms with Gasteiger partial charge in [0.1, 0.15) is 11.4 Å². The summed E-state index contributed by atoms with van der Waals surface area (Å²) in [6, 6.07) is 16.5. The Morgan fingerprint density at radius 2 is 1.81 bits per heavy atom. The molecule has 1 aromatic heterocycles. The van der Waals surface area contributed by atoms with Crippen LogP contribution in [-0.2, 0) is 4.79 Å². The number of primary amides is 1. The van der Waals surface area contributed by atoms with Crippen LogP contribution in [0, 0.1) is 5.92 Å². The van der Waals surface area contributed by atoms with Gasteiger partial charge in [-0.2, -0.15) is 5.10 Å². The molecule has 4 rings (SSSR count). The lowest BCUT2D eigenvalue weighted by atomic mass is 9.96. The molecule has 1 aliphatic heterocycles. The molecule has 0 bridgehead atoms. The first-order valence-electron chi connectivity index (χ1n) is 10.1. The zero-order valence-electron chi connectivity index (χ0n) is 17.1. The summed E-state index contributed by atoms with van der Waals surface area (Å²) >= 11 is 6.04. The number of rotatable bonds is 5. The predicted molar refractivity (Wildman–Crippen MR) is 118 cm³/mol. The van der Waals surface area contributed by atoms with Gasteiger partial charge < -0.3 is 15.4 Å². The third-order valence-electron chi connectivity index (χ3n) is 5.55. The molecule has 160 valence electrons. The van der Waals surface area contributed by atoms with E-state index in [4.69, 9.17) is 27.2 Å². The summed E-state index contributed by atoms with van der Waals surface area (Å²) < 4.78 is 6.95. The van der Waals surface area contributed by atoms with E-state index in [1.807, 2.05) is 36.4 Å². The van der Waals surface area contributed by atoms with E-state index >= 15 is 0 Å². The van der Waals surface area contributed by atoms with Gasteiger partial charge in [0.25, 0.3) is 5.91 Å². The predicted octanol–water partition coefficient (Wildman–Crippen LogP) is 3.54. The third kappa shape index (κ3) is 4.41. The molecule has 0 spiro atoms. The highest BCUT2D eigenvalue weighted by atomic mass is 35.5. The van der Waals surface area contributed by atoms with Gasteiger partial charge in [-0.3, -0.25) is 9.59 Å². The standard InChI is InChI=1S/C23H23ClN4O3/c1-31-19-4-2-3-16(13-19)20-14-21(28(26-20)18-7-5-17(24)6-8-18)23(30)27-11-9-15(10-12-27)22(25)29/h2-8,13-15H,9-12H2,1H3,(H2,25,29). The Labute approximate surface area is 185 Å². The van der Waals surface area contributed by atoms with Crippen molar-refractivity contribution in [1.82, 2.24) is 14.7 Å². The van der Waals surface area contributed by atoms with E-state index in [9.17, 15) is 9.59 Å². The molecule has 2 aromatic carbocycles. The molecule has 8 heteroatoms. The minimum atomic E-state index is -0.307. The number of halogens is 1. The van der Waals surface area contributed by atoms with Gasteiger partial charge >= 0.3 is 0 Å². The molecule has 1 fully saturated rings. The van der Waals surface area contributed by atoms with Crippen LogP contribution in [0.25, 0.3) is 16.9 Å². The van der Waals surface area contributed by atoms with E-state index in [-0.39, 0.29) is 17.7 Å². The van der Waals surface area contributed by atoms with Crippen molar-refractivity contribution in [3.63, 3.8) is 0 Å². The van der Waals surface area contributed by atoms with Crippen molar-refractivity contribution >= 4 is 23.4 Å². The van der Waals surface area contributed by atoms with Crippen molar-refractivity contribution < 1.29 is 14.3 Å². The van der Waals surface area contributed by atoms with E-state index < -0.39 is 0 Å². The highest BCUT2D eigenvalue weighted by Gasteiger charge is 2.29. The van der Waals surface area contributed by atoms with Crippen molar-refractivity contribution in [3.05, 3.63) is 65.3 Å². The summed E-state index contributed by atoms with van der Waals surface area (Å²) in [5, 5.41) is 5.31. The number of aromatic nitrogens is 2. The van der Waals surface area contributed by atoms with Gasteiger partial charge in [-0.1, -0.05) is 23.7 Å². The number of carbonyl (C=O) groups excluding carboxylic acids is 2. The van der Waals surface area contributed by atoms with Gasteiger partial charge in [0.2, 0.25) is 5.91 Å². The maximum atomic E-state index is 13.4. The normalized spacial score (nSPS) is 14.5. The molecule has 2 N–H and O–H groups in total. The fraction of sp³-hybridized carbons (Fsp3) is 0.261. The van der Waals surface area contributed by atoms with Crippen molar-refractivity contribution in [2.45, 2.75) is 12.8 Å². The van der Waals surface area contributed by atoms with Crippen LogP contribution in [-0.4, -0.2) is 46.7 Å². The Morgan fingerprint density at radius 1 is 1.10 bits per heavy atom. The van der Waals surface area contributed by atoms with Crippen LogP contribution < -0.4 is 10.5 Å². The molecule has 0 saturated carbocycles. The number of likely N-dealkylation sites (tertiary alicyclic amines) is 1. The average molecular weight is 439 g/mol. The van der Waals surface area contributed by atoms with E-state index in [0.29, 0.717) is 48.1 Å². The van der Waals surface area contributed by atoms with E-state index in [1.165, 1.54) is 0 Å². The first kappa shape index (κ1) is 20.9. The maximum absolute atomic E-state index is 13.4. The second-order valence-electron chi connectivity index (χ2n) is 7.50. The summed E-state index contributed by atoms with van der Waals surface area (Å²) in [4.78, 5) is 26.6. The first-order valence-corrected chi connectivity index (χ1v) is 10.4. The van der Waals surface area contributed by atoms with Crippen LogP contribution in [0.1, 0.15) is 23.3 Å². The first-order chi connectivity index (χ1) is 15.0. The largest absolute Gasteiger partial charge is 0.497 e. The van der Waals surface area contributed by atoms with Crippen molar-refractivity contribution in [3.8, 4) is 22.7 Å². The molecule has 7 nitrogen and oxygen atoms in total. The lowest BCUT2D eigenvalue weighted by Crippen LogP contribution is -2.42. The number of ether oxygens (including phenoxy) is 1. The van der Waals surface area contributed by atoms with Gasteiger partial charge in [0.15, 0.2) is 0 Å². The van der Waals surface area contributed by atoms with Crippen LogP contribution in [0.15, 0.2) is 54.6 Å². The number of methoxy groups -OCH3 is 1. The number of carbonyl (C=O) groups is 2. The van der Waals surface area contributed by atoms with Gasteiger partial charge in [0, 0.05) is 29.6 Å². The molecule has 0 aliphatic carbocycles. The Balaban J connectivity index is 1.71. The Morgan fingerprint density at radius 3 is 2.45 bits per heavy atom. The second kappa shape index (κ2) is 8.81. The zero-order valence-corrected chi connectivity index (χ0v) is 17.9. The fourth-order valence-corrected chi connectivity index (χ4v) is 3.89. The summed E-state index contributed by atoms with van der Waals surface area (Å²) in [5.41, 5.74) is 8.10. The van der Waals surface area contributed by atoms with Crippen molar-refractivity contribution in [2.24, 2.45) is 11.7 Å². The van der Waals surface area contributed by atoms with Gasteiger partial charge in [-0.25, -0.2) is 4.68 Å². The highest BCUT2D eigenvalue weighted by molar-refractivity contribution is 6.30. The molecule has 2 amide bonds. The Hall–Kier alpha value is -3.32. The third-order valence-corrected chi connectivity index (χ3v) is 5.80. The molecule has 1 aliphatic rings. The molecular formula is C23H23ClN4O3. The quantitative estimate of drug-likeness (QED) is 0.659. The Bertz CT molecular complexity index is 1100. The van der Waals surface area contributed by atoms with Crippen molar-refractivity contribution in [1.29, 1.82) is 0 Å². The van der Waals surface area contributed by atoms with Crippen LogP contribution >= 0.6 is 11.6 Å². The molecule has 0 radical (unpaired) electrons. The summed E-state index contributed by atoms with van der Waals surface area (Å²) in [6.07, 6.45) is 1.14. The highest BCUT2D eigenvalue weighted by Crippen LogP contribution is 2.27. The average Bonchev–Trinajstić information content (AvgIpc) is 3.24. The lowest BCUT2D eigenvalue weighted by Gasteiger charge is -2.30. The van der Waals surface area contributed by atoms with E-state index in [2.05, 4.69) is 0 Å². The van der Waals surface area contributed by atoms with Gasteiger partial charge in [-0.15, -0.1) is 0 Å². The summed E-state index contributed by atoms with van der Waals surface area (Å²) in [7, 11) is 1.61. The van der Waals surface area contributed by atoms with Crippen LogP contribution in [0.2, 0.25) is 5.02 Å². The smallest absolute Gasteiger partial charge is 0.272 e. The molecule has 0 unspecified atom stereocenters. The summed E-state index contributed by atoms with van der Waals surface area (Å²) in [6.45, 7) is 0.958. The van der Waals surface area contributed by atoms with Crippen molar-refractivity contribution in [2.75, 3.05) is 20.2 Å². The number of hydrogen-bond donors (Lipinski definition) is 1. The molecule has 1 saturated heterocycles. The minimum Gasteiger partial charge on any atom is -0.497 e. The molecule has 31 heavy (non-hydrogen) atoms. The van der Waals surface area contributed by atoms with Crippen LogP contribution in [0.3, 0.4) is 0 Å². The van der Waals surface area contributed by atoms with Gasteiger partial charge in [-0.05, 0) is 55.3 Å². The maximum Gasteiger partial charge on any atom is 0.272 e. The second-order valence-corrected chi connectivity index (χ2v) is 7.94. The monoisotopic (exact) mass is 438 g/mol. The Kier molecular flexibility index (Phi) is 5.95. The summed E-state index contributed by atoms with van der Waals surface area (Å²) in [5.74, 6) is 0.0793.